The van der Waals surface area contributed by atoms with Crippen LogP contribution in [0, 0.1) is 0 Å². The van der Waals surface area contributed by atoms with Gasteiger partial charge in [-0.05, 0) is 0 Å². The van der Waals surface area contributed by atoms with Gasteiger partial charge in [-0.1, -0.05) is 0 Å². The molecule has 0 aromatic heterocycles. The predicted octanol–water partition coefficient (Wildman–Crippen LogP) is -0.814. The monoisotopic (exact) mass is 420 g/mol. The summed E-state index contributed by atoms with van der Waals surface area (Å²) in [7, 11) is 0. The Morgan fingerprint density at radius 3 is 1.20 bits per heavy atom. The minimum absolute atomic E-state index is 0. The van der Waals surface area contributed by atoms with E-state index in [0.717, 1.165) is 0 Å². The van der Waals surface area contributed by atoms with Crippen molar-refractivity contribution in [1.29, 1.82) is 0 Å². The molecule has 0 aliphatic rings. The Kier molecular flexibility index (Phi) is 172. The Bertz CT molecular complexity index is 20.5. The molecular formula is H4BiCaCuOSr. The van der Waals surface area contributed by atoms with Crippen LogP contribution >= 0.6 is 0 Å². The van der Waals surface area contributed by atoms with Crippen molar-refractivity contribution in [3.63, 3.8) is 0 Å². The normalized spacial score (nSPS) is 0. The Morgan fingerprint density at radius 2 is 1.20 bits per heavy atom. The van der Waals surface area contributed by atoms with Gasteiger partial charge in [-0.25, -0.2) is 0 Å². The number of hydrogen-bond donors (Lipinski definition) is 0. The van der Waals surface area contributed by atoms with Gasteiger partial charge < -0.3 is 11.2 Å². The second-order valence-corrected chi connectivity index (χ2v) is 0. The van der Waals surface area contributed by atoms with Crippen LogP contribution in [-0.2, 0) is 22.5 Å². The van der Waals surface area contributed by atoms with Crippen LogP contribution in [0.4, 0.5) is 0 Å². The molecule has 0 rings (SSSR count). The van der Waals surface area contributed by atoms with E-state index in [0.29, 0.717) is 0 Å². The van der Waals surface area contributed by atoms with Crippen molar-refractivity contribution in [2.24, 2.45) is 0 Å². The third-order valence-electron chi connectivity index (χ3n) is 0. The van der Waals surface area contributed by atoms with Gasteiger partial charge in [0.1, 0.15) is 0 Å². The molecule has 0 aliphatic heterocycles. The maximum atomic E-state index is 0. The summed E-state index contributed by atoms with van der Waals surface area (Å²) in [4.78, 5) is 0. The molecule has 0 bridgehead atoms. The van der Waals surface area contributed by atoms with Crippen LogP contribution in [0.2, 0.25) is 0 Å². The van der Waals surface area contributed by atoms with Crippen molar-refractivity contribution in [2.75, 3.05) is 0 Å². The smallest absolute Gasteiger partial charge is 2.00 e. The zero-order valence-electron chi connectivity index (χ0n) is 6.57. The summed E-state index contributed by atoms with van der Waals surface area (Å²) < 4.78 is 0. The molecule has 0 spiro atoms. The van der Waals surface area contributed by atoms with Crippen molar-refractivity contribution in [3.8, 4) is 0 Å². The summed E-state index contributed by atoms with van der Waals surface area (Å²) in [6.45, 7) is 0. The van der Waals surface area contributed by atoms with Gasteiger partial charge >= 0.3 is 100 Å². The van der Waals surface area contributed by atoms with Gasteiger partial charge in [-0.2, -0.15) is 0 Å². The van der Waals surface area contributed by atoms with E-state index < -0.39 is 0 Å². The molecule has 0 N–H and O–H groups in total. The summed E-state index contributed by atoms with van der Waals surface area (Å²) in [5.41, 5.74) is 0. The Balaban J connectivity index is 0. The van der Waals surface area contributed by atoms with Crippen LogP contribution in [0.3, 0.4) is 0 Å². The van der Waals surface area contributed by atoms with E-state index in [1.165, 1.54) is 0 Å². The third kappa shape index (κ3) is 17.9. The zero-order valence-corrected chi connectivity index (χ0v) is 12.7. The van der Waals surface area contributed by atoms with Gasteiger partial charge in [-0.3, -0.25) is 0 Å². The summed E-state index contributed by atoms with van der Waals surface area (Å²) in [6.07, 6.45) is 0. The molecule has 0 saturated heterocycles. The molecule has 0 aliphatic carbocycles. The fraction of sp³-hybridized carbons (Fsp3) is 0. The molecule has 0 fully saturated rings. The van der Waals surface area contributed by atoms with Crippen molar-refractivity contribution in [2.45, 2.75) is 0 Å². The molecular weight excluding hydrogens is 416 g/mol. The fourth-order valence-electron chi connectivity index (χ4n) is 0. The number of rotatable bonds is 0. The molecule has 0 heterocycles. The fourth-order valence-corrected chi connectivity index (χ4v) is 0. The maximum absolute atomic E-state index is 0. The van der Waals surface area contributed by atoms with Crippen LogP contribution < -0.4 is 0 Å². The maximum Gasteiger partial charge on any atom is 2.00 e. The SMILES string of the molecule is [Bi].[Ca+2].[Cu+2].[H-].[H-].[H-].[H-].[O-2].[Sr+2]. The van der Waals surface area contributed by atoms with Crippen LogP contribution in [0.25, 0.3) is 0 Å². The van der Waals surface area contributed by atoms with E-state index in [1.54, 1.807) is 0 Å². The first kappa shape index (κ1) is 35.5. The molecule has 0 atom stereocenters. The predicted molar refractivity (Wildman–Crippen MR) is 22.4 cm³/mol. The Morgan fingerprint density at radius 1 is 1.20 bits per heavy atom. The van der Waals surface area contributed by atoms with Crippen molar-refractivity contribution in [3.05, 3.63) is 0 Å². The standard InChI is InChI=1S/Bi.Ca.Cu.O.Sr.4H/q;2*+2;-2;+2;4*-1. The van der Waals surface area contributed by atoms with Crippen LogP contribution in [-0.4, -0.2) is 109 Å². The third-order valence-corrected chi connectivity index (χ3v) is 0. The van der Waals surface area contributed by atoms with Crippen LogP contribution in [0.1, 0.15) is 5.71 Å². The van der Waals surface area contributed by atoms with E-state index in [4.69, 9.17) is 0 Å². The van der Waals surface area contributed by atoms with E-state index >= 15 is 0 Å². The van der Waals surface area contributed by atoms with Gasteiger partial charge in [-0.15, -0.1) is 0 Å². The topological polar surface area (TPSA) is 28.5 Å². The van der Waals surface area contributed by atoms with Gasteiger partial charge in [0.05, 0.1) is 0 Å². The molecule has 30 valence electrons. The second kappa shape index (κ2) is 24.3. The van der Waals surface area contributed by atoms with Gasteiger partial charge in [0, 0.05) is 26.2 Å². The summed E-state index contributed by atoms with van der Waals surface area (Å²) in [5, 5.41) is 0. The van der Waals surface area contributed by atoms with Crippen LogP contribution in [0.5, 0.6) is 0 Å². The summed E-state index contributed by atoms with van der Waals surface area (Å²) in [5.74, 6) is 0. The summed E-state index contributed by atoms with van der Waals surface area (Å²) >= 11 is 0. The van der Waals surface area contributed by atoms with E-state index in [2.05, 4.69) is 0 Å². The van der Waals surface area contributed by atoms with E-state index in [-0.39, 0.29) is 138 Å². The van der Waals surface area contributed by atoms with Crippen molar-refractivity contribution < 1.29 is 28.3 Å². The Hall–Kier alpha value is 4.10. The van der Waals surface area contributed by atoms with Crippen molar-refractivity contribution in [1.82, 2.24) is 0 Å². The minimum atomic E-state index is 0. The van der Waals surface area contributed by atoms with Gasteiger partial charge in [0.15, 0.2) is 0 Å². The van der Waals surface area contributed by atoms with Gasteiger partial charge in [0.2, 0.25) is 0 Å². The second-order valence-electron chi connectivity index (χ2n) is 0. The summed E-state index contributed by atoms with van der Waals surface area (Å²) in [6, 6.07) is 0. The average Bonchev–Trinajstić information content (AvgIpc) is 0. The first-order valence-corrected chi connectivity index (χ1v) is 0. The molecule has 0 aromatic rings. The first-order chi connectivity index (χ1) is 0. The molecule has 0 unspecified atom stereocenters. The molecule has 1 nitrogen and oxygen atoms in total. The molecule has 0 aromatic carbocycles. The first-order valence-electron chi connectivity index (χ1n) is 0. The van der Waals surface area contributed by atoms with Crippen molar-refractivity contribution >= 4 is 109 Å². The van der Waals surface area contributed by atoms with Gasteiger partial charge in [0.25, 0.3) is 0 Å². The zero-order chi connectivity index (χ0) is 0. The van der Waals surface area contributed by atoms with E-state index in [1.807, 2.05) is 0 Å². The number of hydrogen-bond acceptors (Lipinski definition) is 0. The van der Waals surface area contributed by atoms with E-state index in [9.17, 15) is 0 Å². The molecule has 4 radical (unpaired) electrons. The van der Waals surface area contributed by atoms with Crippen LogP contribution in [0.15, 0.2) is 0 Å². The molecule has 5 heteroatoms. The molecule has 0 amide bonds. The largest absolute Gasteiger partial charge is 2.00 e. The molecule has 0 saturated carbocycles. The Labute approximate surface area is 134 Å². The quantitative estimate of drug-likeness (QED) is 0.459. The minimum Gasteiger partial charge on any atom is -2.00 e. The average molecular weight is 420 g/mol. The molecule has 5 heavy (non-hydrogen) atoms.